The summed E-state index contributed by atoms with van der Waals surface area (Å²) in [5.41, 5.74) is 1.14. The second kappa shape index (κ2) is 11.4. The van der Waals surface area contributed by atoms with Gasteiger partial charge in [0.15, 0.2) is 16.6 Å². The van der Waals surface area contributed by atoms with E-state index in [1.54, 1.807) is 26.5 Å². The number of hydrogen-bond acceptors (Lipinski definition) is 7. The van der Waals surface area contributed by atoms with Gasteiger partial charge in [-0.2, -0.15) is 0 Å². The first-order valence-electron chi connectivity index (χ1n) is 11.2. The third-order valence-electron chi connectivity index (χ3n) is 5.86. The van der Waals surface area contributed by atoms with Crippen LogP contribution in [0.3, 0.4) is 0 Å². The number of thiocarbonyl (C=S) groups is 1. The van der Waals surface area contributed by atoms with E-state index < -0.39 is 0 Å². The molecule has 0 aliphatic carbocycles. The van der Waals surface area contributed by atoms with Gasteiger partial charge in [0.1, 0.15) is 5.76 Å². The number of furan rings is 1. The maximum Gasteiger partial charge on any atom is 0.253 e. The van der Waals surface area contributed by atoms with E-state index in [1.807, 2.05) is 29.2 Å². The quantitative estimate of drug-likeness (QED) is 0.442. The molecule has 0 radical (unpaired) electrons. The van der Waals surface area contributed by atoms with E-state index in [0.717, 1.165) is 44.0 Å². The van der Waals surface area contributed by atoms with Crippen molar-refractivity contribution in [3.63, 3.8) is 0 Å². The zero-order valence-corrected chi connectivity index (χ0v) is 20.3. The van der Waals surface area contributed by atoms with Crippen LogP contribution in [0.5, 0.6) is 11.5 Å². The number of pyridine rings is 1. The van der Waals surface area contributed by atoms with Crippen molar-refractivity contribution in [3.05, 3.63) is 58.3 Å². The number of morpholine rings is 1. The van der Waals surface area contributed by atoms with E-state index >= 15 is 0 Å². The van der Waals surface area contributed by atoms with Gasteiger partial charge in [0, 0.05) is 43.2 Å². The third-order valence-corrected chi connectivity index (χ3v) is 6.26. The molecular weight excluding hydrogens is 456 g/mol. The molecule has 1 fully saturated rings. The van der Waals surface area contributed by atoms with Crippen LogP contribution >= 0.6 is 12.2 Å². The maximum absolute atomic E-state index is 12.9. The van der Waals surface area contributed by atoms with Crippen molar-refractivity contribution in [3.8, 4) is 11.5 Å². The molecule has 0 saturated carbocycles. The Bertz CT molecular complexity index is 1160. The van der Waals surface area contributed by atoms with Crippen molar-refractivity contribution in [1.29, 1.82) is 0 Å². The van der Waals surface area contributed by atoms with Gasteiger partial charge in [0.25, 0.3) is 5.56 Å². The number of nitrogens with one attached hydrogen (secondary N) is 2. The van der Waals surface area contributed by atoms with Gasteiger partial charge in [-0.1, -0.05) is 0 Å². The highest BCUT2D eigenvalue weighted by Crippen LogP contribution is 2.31. The predicted molar refractivity (Wildman–Crippen MR) is 133 cm³/mol. The topological polar surface area (TPSA) is 92.2 Å². The smallest absolute Gasteiger partial charge is 0.253 e. The number of ether oxygens (including phenoxy) is 3. The summed E-state index contributed by atoms with van der Waals surface area (Å²) in [6.07, 6.45) is 1.63. The Balaban J connectivity index is 1.54. The highest BCUT2D eigenvalue weighted by Gasteiger charge is 2.17. The highest BCUT2D eigenvalue weighted by atomic mass is 32.1. The maximum atomic E-state index is 12.9. The van der Waals surface area contributed by atoms with Crippen molar-refractivity contribution < 1.29 is 18.6 Å². The van der Waals surface area contributed by atoms with E-state index in [2.05, 4.69) is 15.2 Å². The Morgan fingerprint density at radius 1 is 1.21 bits per heavy atom. The molecule has 0 unspecified atom stereocenters. The molecule has 1 saturated heterocycles. The van der Waals surface area contributed by atoms with E-state index in [4.69, 9.17) is 30.8 Å². The van der Waals surface area contributed by atoms with Crippen LogP contribution < -0.4 is 20.3 Å². The molecule has 1 aliphatic rings. The van der Waals surface area contributed by atoms with Crippen molar-refractivity contribution >= 4 is 28.2 Å². The van der Waals surface area contributed by atoms with Crippen LogP contribution in [-0.2, 0) is 17.8 Å². The fraction of sp³-hybridized carbons (Fsp3) is 0.417. The first-order valence-corrected chi connectivity index (χ1v) is 11.6. The van der Waals surface area contributed by atoms with Crippen molar-refractivity contribution in [1.82, 2.24) is 20.1 Å². The number of fused-ring (bicyclic) bond motifs is 1. The van der Waals surface area contributed by atoms with E-state index in [0.29, 0.717) is 47.3 Å². The molecule has 9 nitrogen and oxygen atoms in total. The molecule has 34 heavy (non-hydrogen) atoms. The molecule has 0 amide bonds. The van der Waals surface area contributed by atoms with E-state index in [9.17, 15) is 4.79 Å². The molecule has 2 aromatic heterocycles. The van der Waals surface area contributed by atoms with Crippen molar-refractivity contribution in [2.45, 2.75) is 13.1 Å². The molecule has 1 aromatic carbocycles. The minimum Gasteiger partial charge on any atom is -0.493 e. The van der Waals surface area contributed by atoms with E-state index in [1.165, 1.54) is 0 Å². The first kappa shape index (κ1) is 24.1. The summed E-state index contributed by atoms with van der Waals surface area (Å²) in [6.45, 7) is 5.58. The molecule has 182 valence electrons. The van der Waals surface area contributed by atoms with Gasteiger partial charge in [-0.05, 0) is 36.5 Å². The van der Waals surface area contributed by atoms with Gasteiger partial charge in [0.2, 0.25) is 0 Å². The normalized spacial score (nSPS) is 14.2. The summed E-state index contributed by atoms with van der Waals surface area (Å²) >= 11 is 5.71. The summed E-state index contributed by atoms with van der Waals surface area (Å²) in [5.74, 6) is 1.96. The molecule has 1 aliphatic heterocycles. The number of rotatable bonds is 9. The second-order valence-corrected chi connectivity index (χ2v) is 8.42. The second-order valence-electron chi connectivity index (χ2n) is 8.03. The number of H-pyrrole nitrogens is 1. The van der Waals surface area contributed by atoms with Crippen LogP contribution in [0.15, 0.2) is 45.8 Å². The van der Waals surface area contributed by atoms with Crippen LogP contribution in [0.25, 0.3) is 10.9 Å². The molecule has 3 heterocycles. The predicted octanol–water partition coefficient (Wildman–Crippen LogP) is 2.35. The summed E-state index contributed by atoms with van der Waals surface area (Å²) in [6, 6.07) is 9.24. The molecular formula is C24H30N4O5S. The van der Waals surface area contributed by atoms with Gasteiger partial charge in [-0.3, -0.25) is 9.69 Å². The minimum atomic E-state index is -0.162. The van der Waals surface area contributed by atoms with Gasteiger partial charge >= 0.3 is 0 Å². The lowest BCUT2D eigenvalue weighted by Crippen LogP contribution is -2.46. The molecule has 0 spiro atoms. The van der Waals surface area contributed by atoms with Crippen LogP contribution in [-0.4, -0.2) is 73.5 Å². The highest BCUT2D eigenvalue weighted by molar-refractivity contribution is 7.80. The van der Waals surface area contributed by atoms with Crippen molar-refractivity contribution in [2.75, 3.05) is 53.6 Å². The number of methoxy groups -OCH3 is 2. The fourth-order valence-corrected chi connectivity index (χ4v) is 4.16. The average Bonchev–Trinajstić information content (AvgIpc) is 3.39. The molecule has 4 rings (SSSR count). The zero-order chi connectivity index (χ0) is 23.9. The number of hydrogen-bond donors (Lipinski definition) is 2. The largest absolute Gasteiger partial charge is 0.493 e. The Kier molecular flexibility index (Phi) is 8.04. The van der Waals surface area contributed by atoms with Crippen LogP contribution in [0.2, 0.25) is 0 Å². The Hall–Kier alpha value is -3.08. The van der Waals surface area contributed by atoms with Gasteiger partial charge in [0.05, 0.1) is 52.3 Å². The lowest BCUT2D eigenvalue weighted by Gasteiger charge is -2.31. The van der Waals surface area contributed by atoms with E-state index in [-0.39, 0.29) is 5.56 Å². The minimum absolute atomic E-state index is 0.162. The Morgan fingerprint density at radius 2 is 1.97 bits per heavy atom. The zero-order valence-electron chi connectivity index (χ0n) is 19.5. The van der Waals surface area contributed by atoms with Crippen LogP contribution in [0, 0.1) is 0 Å². The lowest BCUT2D eigenvalue weighted by atomic mass is 10.1. The molecule has 10 heteroatoms. The van der Waals surface area contributed by atoms with Gasteiger partial charge in [-0.25, -0.2) is 0 Å². The average molecular weight is 487 g/mol. The summed E-state index contributed by atoms with van der Waals surface area (Å²) in [7, 11) is 3.16. The molecule has 0 bridgehead atoms. The molecule has 2 N–H and O–H groups in total. The monoisotopic (exact) mass is 486 g/mol. The molecule has 3 aromatic rings. The lowest BCUT2D eigenvalue weighted by molar-refractivity contribution is 0.0357. The first-order chi connectivity index (χ1) is 16.6. The molecule has 0 atom stereocenters. The third kappa shape index (κ3) is 5.88. The Labute approximate surface area is 203 Å². The number of aromatic amines is 1. The number of aromatic nitrogens is 1. The fourth-order valence-electron chi connectivity index (χ4n) is 3.93. The van der Waals surface area contributed by atoms with Gasteiger partial charge < -0.3 is 33.8 Å². The Morgan fingerprint density at radius 3 is 2.68 bits per heavy atom. The number of benzene rings is 1. The van der Waals surface area contributed by atoms with Crippen LogP contribution in [0.4, 0.5) is 0 Å². The van der Waals surface area contributed by atoms with Crippen LogP contribution in [0.1, 0.15) is 11.3 Å². The number of nitrogens with zero attached hydrogens (tertiary/aromatic N) is 2. The standard InChI is InChI=1S/C24H30N4O5S/c1-30-21-13-17-12-18(23(29)26-20(17)14-22(21)31-2)16-28(6-5-27-7-10-32-11-8-27)24(34)25-15-19-4-3-9-33-19/h3-4,9,12-14H,5-8,10-11,15-16H2,1-2H3,(H,25,34)(H,26,29). The summed E-state index contributed by atoms with van der Waals surface area (Å²) in [5, 5.41) is 4.68. The SMILES string of the molecule is COc1cc2cc(CN(CCN3CCOCC3)C(=S)NCc3ccco3)c(=O)[nH]c2cc1OC. The van der Waals surface area contributed by atoms with Crippen molar-refractivity contribution in [2.24, 2.45) is 0 Å². The summed E-state index contributed by atoms with van der Waals surface area (Å²) < 4.78 is 21.6. The van der Waals surface area contributed by atoms with Gasteiger partial charge in [-0.15, -0.1) is 0 Å². The summed E-state index contributed by atoms with van der Waals surface area (Å²) in [4.78, 5) is 20.3.